The molecule has 2 aromatic carbocycles. The van der Waals surface area contributed by atoms with E-state index in [1.54, 1.807) is 24.4 Å². The number of rotatable bonds is 6. The summed E-state index contributed by atoms with van der Waals surface area (Å²) in [7, 11) is 0. The first kappa shape index (κ1) is 18.0. The number of benzene rings is 2. The Morgan fingerprint density at radius 1 is 1.00 bits per heavy atom. The second-order valence-electron chi connectivity index (χ2n) is 5.79. The molecule has 0 saturated heterocycles. The van der Waals surface area contributed by atoms with Crippen LogP contribution in [0.4, 0.5) is 5.69 Å². The molecule has 1 aromatic heterocycles. The van der Waals surface area contributed by atoms with E-state index in [1.807, 2.05) is 48.5 Å². The van der Waals surface area contributed by atoms with Gasteiger partial charge in [-0.3, -0.25) is 19.9 Å². The molecular formula is C21H17N3O3. The molecule has 0 aliphatic heterocycles. The molecule has 1 amide bonds. The smallest absolute Gasteiger partial charge is 0.269 e. The first-order valence-corrected chi connectivity index (χ1v) is 8.32. The van der Waals surface area contributed by atoms with E-state index in [9.17, 15) is 14.9 Å². The Kier molecular flexibility index (Phi) is 5.69. The monoisotopic (exact) mass is 359 g/mol. The molecule has 3 aromatic rings. The molecule has 1 N–H and O–H groups in total. The first-order chi connectivity index (χ1) is 13.1. The van der Waals surface area contributed by atoms with Crippen LogP contribution in [0.3, 0.4) is 0 Å². The number of nitrogens with zero attached hydrogens (tertiary/aromatic N) is 2. The van der Waals surface area contributed by atoms with Crippen LogP contribution in [0.25, 0.3) is 6.08 Å². The van der Waals surface area contributed by atoms with Crippen LogP contribution in [0.2, 0.25) is 0 Å². The minimum Gasteiger partial charge on any atom is -0.340 e. The summed E-state index contributed by atoms with van der Waals surface area (Å²) in [4.78, 5) is 27.0. The summed E-state index contributed by atoms with van der Waals surface area (Å²) in [6, 6.07) is 20.8. The Balaban J connectivity index is 1.75. The fraction of sp³-hybridized carbons (Fsp3) is 0.0476. The molecule has 0 fully saturated rings. The van der Waals surface area contributed by atoms with Gasteiger partial charge in [-0.15, -0.1) is 0 Å². The van der Waals surface area contributed by atoms with Crippen molar-refractivity contribution >= 4 is 17.7 Å². The minimum absolute atomic E-state index is 0.0101. The van der Waals surface area contributed by atoms with Crippen molar-refractivity contribution in [1.82, 2.24) is 10.3 Å². The lowest BCUT2D eigenvalue weighted by molar-refractivity contribution is -0.384. The third-order valence-electron chi connectivity index (χ3n) is 3.93. The van der Waals surface area contributed by atoms with E-state index in [0.717, 1.165) is 11.3 Å². The highest BCUT2D eigenvalue weighted by Crippen LogP contribution is 2.20. The van der Waals surface area contributed by atoms with E-state index in [0.29, 0.717) is 5.56 Å². The van der Waals surface area contributed by atoms with Gasteiger partial charge in [-0.1, -0.05) is 36.4 Å². The zero-order valence-electron chi connectivity index (χ0n) is 14.4. The van der Waals surface area contributed by atoms with Gasteiger partial charge in [0.25, 0.3) is 5.69 Å². The van der Waals surface area contributed by atoms with Crippen LogP contribution in [-0.2, 0) is 4.79 Å². The molecule has 0 saturated carbocycles. The van der Waals surface area contributed by atoms with Crippen molar-refractivity contribution < 1.29 is 9.72 Å². The fourth-order valence-electron chi connectivity index (χ4n) is 2.59. The minimum atomic E-state index is -0.461. The molecule has 0 spiro atoms. The zero-order valence-corrected chi connectivity index (χ0v) is 14.4. The summed E-state index contributed by atoms with van der Waals surface area (Å²) in [5, 5.41) is 13.6. The number of amides is 1. The summed E-state index contributed by atoms with van der Waals surface area (Å²) in [6.07, 6.45) is 4.70. The SMILES string of the molecule is O=C(/C=C\c1ccc([N+](=O)[O-])cc1)N[C@@H](c1ccccc1)c1ccccn1. The molecule has 1 heterocycles. The average molecular weight is 359 g/mol. The molecule has 6 heteroatoms. The predicted molar refractivity (Wildman–Crippen MR) is 103 cm³/mol. The van der Waals surface area contributed by atoms with Crippen molar-refractivity contribution in [3.63, 3.8) is 0 Å². The number of carbonyl (C=O) groups excluding carboxylic acids is 1. The maximum atomic E-state index is 12.4. The number of nitro benzene ring substituents is 1. The maximum absolute atomic E-state index is 12.4. The van der Waals surface area contributed by atoms with Gasteiger partial charge < -0.3 is 5.32 Å². The normalized spacial score (nSPS) is 11.9. The predicted octanol–water partition coefficient (Wildman–Crippen LogP) is 3.91. The largest absolute Gasteiger partial charge is 0.340 e. The van der Waals surface area contributed by atoms with Gasteiger partial charge >= 0.3 is 0 Å². The standard InChI is InChI=1S/C21H17N3O3/c25-20(14-11-16-9-12-18(13-10-16)24(26)27)23-21(17-6-2-1-3-7-17)19-8-4-5-15-22-19/h1-15,21H,(H,23,25)/b14-11-/t21-/m0/s1. The number of nitro groups is 1. The second kappa shape index (κ2) is 8.53. The van der Waals surface area contributed by atoms with Gasteiger partial charge in [-0.25, -0.2) is 0 Å². The van der Waals surface area contributed by atoms with E-state index in [1.165, 1.54) is 18.2 Å². The summed E-state index contributed by atoms with van der Waals surface area (Å²) in [5.41, 5.74) is 2.37. The van der Waals surface area contributed by atoms with Gasteiger partial charge in [-0.2, -0.15) is 0 Å². The molecule has 0 aliphatic rings. The van der Waals surface area contributed by atoms with Gasteiger partial charge in [0.15, 0.2) is 0 Å². The van der Waals surface area contributed by atoms with Crippen molar-refractivity contribution in [1.29, 1.82) is 0 Å². The van der Waals surface area contributed by atoms with Crippen LogP contribution in [0.15, 0.2) is 85.1 Å². The lowest BCUT2D eigenvalue weighted by Crippen LogP contribution is -2.28. The Bertz CT molecular complexity index is 900. The summed E-state index contributed by atoms with van der Waals surface area (Å²) >= 11 is 0. The van der Waals surface area contributed by atoms with Crippen molar-refractivity contribution in [2.45, 2.75) is 6.04 Å². The highest BCUT2D eigenvalue weighted by molar-refractivity contribution is 5.92. The number of hydrogen-bond donors (Lipinski definition) is 1. The maximum Gasteiger partial charge on any atom is 0.269 e. The Morgan fingerprint density at radius 2 is 1.70 bits per heavy atom. The van der Waals surface area contributed by atoms with Crippen LogP contribution in [0.1, 0.15) is 22.9 Å². The summed E-state index contributed by atoms with van der Waals surface area (Å²) < 4.78 is 0. The molecule has 3 rings (SSSR count). The van der Waals surface area contributed by atoms with E-state index in [2.05, 4.69) is 10.3 Å². The lowest BCUT2D eigenvalue weighted by Gasteiger charge is -2.17. The van der Waals surface area contributed by atoms with E-state index in [4.69, 9.17) is 0 Å². The number of nitrogens with one attached hydrogen (secondary N) is 1. The lowest BCUT2D eigenvalue weighted by atomic mass is 10.0. The molecular weight excluding hydrogens is 342 g/mol. The van der Waals surface area contributed by atoms with Gasteiger partial charge in [0.1, 0.15) is 0 Å². The number of pyridine rings is 1. The highest BCUT2D eigenvalue weighted by Gasteiger charge is 2.16. The molecule has 0 radical (unpaired) electrons. The molecule has 1 atom stereocenters. The highest BCUT2D eigenvalue weighted by atomic mass is 16.6. The fourth-order valence-corrected chi connectivity index (χ4v) is 2.59. The Morgan fingerprint density at radius 3 is 2.33 bits per heavy atom. The molecule has 6 nitrogen and oxygen atoms in total. The molecule has 0 unspecified atom stereocenters. The van der Waals surface area contributed by atoms with Gasteiger partial charge in [0.05, 0.1) is 16.7 Å². The number of carbonyl (C=O) groups is 1. The zero-order chi connectivity index (χ0) is 19.1. The Labute approximate surface area is 156 Å². The van der Waals surface area contributed by atoms with E-state index in [-0.39, 0.29) is 17.6 Å². The van der Waals surface area contributed by atoms with Crippen molar-refractivity contribution in [2.24, 2.45) is 0 Å². The topological polar surface area (TPSA) is 85.1 Å². The summed E-state index contributed by atoms with van der Waals surface area (Å²) in [6.45, 7) is 0. The molecule has 0 aliphatic carbocycles. The van der Waals surface area contributed by atoms with Gasteiger partial charge in [0, 0.05) is 24.4 Å². The van der Waals surface area contributed by atoms with Gasteiger partial charge in [-0.05, 0) is 41.5 Å². The molecule has 27 heavy (non-hydrogen) atoms. The number of hydrogen-bond acceptors (Lipinski definition) is 4. The van der Waals surface area contributed by atoms with Gasteiger partial charge in [0.2, 0.25) is 5.91 Å². The number of non-ortho nitro benzene ring substituents is 1. The average Bonchev–Trinajstić information content (AvgIpc) is 2.72. The second-order valence-corrected chi connectivity index (χ2v) is 5.79. The van der Waals surface area contributed by atoms with Crippen molar-refractivity contribution in [3.05, 3.63) is 112 Å². The number of aromatic nitrogens is 1. The molecule has 134 valence electrons. The van der Waals surface area contributed by atoms with Crippen LogP contribution >= 0.6 is 0 Å². The third kappa shape index (κ3) is 4.85. The third-order valence-corrected chi connectivity index (χ3v) is 3.93. The summed E-state index contributed by atoms with van der Waals surface area (Å²) in [5.74, 6) is -0.284. The van der Waals surface area contributed by atoms with Crippen molar-refractivity contribution in [2.75, 3.05) is 0 Å². The van der Waals surface area contributed by atoms with Crippen molar-refractivity contribution in [3.8, 4) is 0 Å². The first-order valence-electron chi connectivity index (χ1n) is 8.32. The van der Waals surface area contributed by atoms with Crippen LogP contribution in [0, 0.1) is 10.1 Å². The van der Waals surface area contributed by atoms with Crippen LogP contribution in [0.5, 0.6) is 0 Å². The quantitative estimate of drug-likeness (QED) is 0.411. The Hall–Kier alpha value is -3.80. The van der Waals surface area contributed by atoms with E-state index >= 15 is 0 Å². The van der Waals surface area contributed by atoms with Crippen LogP contribution < -0.4 is 5.32 Å². The molecule has 0 bridgehead atoms. The van der Waals surface area contributed by atoms with Crippen LogP contribution in [-0.4, -0.2) is 15.8 Å². The van der Waals surface area contributed by atoms with E-state index < -0.39 is 4.92 Å².